The number of halogens is 2. The van der Waals surface area contributed by atoms with E-state index in [-0.39, 0.29) is 12.4 Å². The Balaban J connectivity index is 1.29. The van der Waals surface area contributed by atoms with Crippen LogP contribution in [-0.4, -0.2) is 38.6 Å². The maximum atomic E-state index is 13.4. The van der Waals surface area contributed by atoms with E-state index in [4.69, 9.17) is 20.8 Å². The number of furan rings is 1. The fraction of sp³-hybridized carbons (Fsp3) is 0.167. The van der Waals surface area contributed by atoms with Crippen LogP contribution in [0.2, 0.25) is 5.02 Å². The smallest absolute Gasteiger partial charge is 0.141 e. The standard InChI is InChI=1S/C30H28ClFN4O3S/c1-40(2,37)13-12-33-17-24-8-11-28(39-24)21-6-9-27-25(15-21)30(35-19-34-27)36-23-7-10-29(26(31)16-23)38-18-20-4-3-5-22(32)14-20/h3-11,14-16,19,33H,1,12-13,17-18H2,2H3,(H,34,35,36). The van der Waals surface area contributed by atoms with Crippen molar-refractivity contribution in [2.24, 2.45) is 0 Å². The summed E-state index contributed by atoms with van der Waals surface area (Å²) in [5, 5.41) is 7.78. The average Bonchev–Trinajstić information content (AvgIpc) is 3.39. The summed E-state index contributed by atoms with van der Waals surface area (Å²) in [6.07, 6.45) is 3.15. The van der Waals surface area contributed by atoms with Crippen LogP contribution < -0.4 is 15.4 Å². The Morgan fingerprint density at radius 3 is 2.75 bits per heavy atom. The Morgan fingerprint density at radius 2 is 1.95 bits per heavy atom. The normalized spacial score (nSPS) is 12.8. The molecule has 0 saturated heterocycles. The molecule has 0 aliphatic carbocycles. The molecule has 2 N–H and O–H groups in total. The van der Waals surface area contributed by atoms with Gasteiger partial charge in [0, 0.05) is 35.2 Å². The SMILES string of the molecule is C=S(C)(=O)CCNCc1ccc(-c2ccc3ncnc(Nc4ccc(OCc5cccc(F)c5)c(Cl)c4)c3c2)o1. The highest BCUT2D eigenvalue weighted by Crippen LogP contribution is 2.32. The van der Waals surface area contributed by atoms with Crippen molar-refractivity contribution >= 4 is 49.4 Å². The summed E-state index contributed by atoms with van der Waals surface area (Å²) in [5.41, 5.74) is 3.08. The first-order valence-electron chi connectivity index (χ1n) is 12.5. The summed E-state index contributed by atoms with van der Waals surface area (Å²) in [6, 6.07) is 21.3. The highest BCUT2D eigenvalue weighted by molar-refractivity contribution is 7.99. The Morgan fingerprint density at radius 1 is 1.07 bits per heavy atom. The lowest BCUT2D eigenvalue weighted by molar-refractivity contribution is 0.306. The van der Waals surface area contributed by atoms with Crippen LogP contribution >= 0.6 is 11.6 Å². The fourth-order valence-electron chi connectivity index (χ4n) is 4.06. The minimum absolute atomic E-state index is 0.199. The Labute approximate surface area is 237 Å². The van der Waals surface area contributed by atoms with Gasteiger partial charge < -0.3 is 19.8 Å². The number of nitrogens with one attached hydrogen (secondary N) is 2. The van der Waals surface area contributed by atoms with E-state index in [0.717, 1.165) is 27.9 Å². The molecule has 0 fully saturated rings. The van der Waals surface area contributed by atoms with Gasteiger partial charge in [0.15, 0.2) is 0 Å². The number of ether oxygens (including phenoxy) is 1. The first kappa shape index (κ1) is 27.6. The predicted molar refractivity (Wildman–Crippen MR) is 160 cm³/mol. The lowest BCUT2D eigenvalue weighted by atomic mass is 10.1. The quantitative estimate of drug-likeness (QED) is 0.138. The number of hydrogen-bond donors (Lipinski definition) is 2. The molecule has 0 amide bonds. The maximum absolute atomic E-state index is 13.4. The van der Waals surface area contributed by atoms with Gasteiger partial charge in [-0.15, -0.1) is 0 Å². The second-order valence-corrected chi connectivity index (χ2v) is 12.7. The van der Waals surface area contributed by atoms with Crippen molar-refractivity contribution in [1.29, 1.82) is 0 Å². The monoisotopic (exact) mass is 578 g/mol. The maximum Gasteiger partial charge on any atom is 0.141 e. The molecule has 5 rings (SSSR count). The van der Waals surface area contributed by atoms with Gasteiger partial charge in [0.05, 0.1) is 17.1 Å². The van der Waals surface area contributed by atoms with Crippen LogP contribution in [0.5, 0.6) is 5.75 Å². The van der Waals surface area contributed by atoms with Crippen molar-refractivity contribution in [1.82, 2.24) is 15.3 Å². The zero-order valence-corrected chi connectivity index (χ0v) is 23.4. The molecule has 10 heteroatoms. The molecular formula is C30H28ClFN4O3S. The predicted octanol–water partition coefficient (Wildman–Crippen LogP) is 6.44. The van der Waals surface area contributed by atoms with Crippen LogP contribution in [0, 0.1) is 5.82 Å². The lowest BCUT2D eigenvalue weighted by Crippen LogP contribution is -2.21. The molecule has 1 atom stereocenters. The Hall–Kier alpha value is -3.92. The van der Waals surface area contributed by atoms with Crippen LogP contribution in [-0.2, 0) is 22.7 Å². The molecule has 0 saturated carbocycles. The molecule has 0 aliphatic heterocycles. The highest BCUT2D eigenvalue weighted by Gasteiger charge is 2.11. The van der Waals surface area contributed by atoms with Gasteiger partial charge >= 0.3 is 0 Å². The van der Waals surface area contributed by atoms with Crippen LogP contribution in [0.3, 0.4) is 0 Å². The minimum atomic E-state index is -2.02. The van der Waals surface area contributed by atoms with Crippen molar-refractivity contribution in [3.05, 3.63) is 101 Å². The van der Waals surface area contributed by atoms with E-state index in [9.17, 15) is 8.60 Å². The van der Waals surface area contributed by atoms with Crippen LogP contribution in [0.4, 0.5) is 15.9 Å². The number of fused-ring (bicyclic) bond motifs is 1. The number of anilines is 2. The number of hydrogen-bond acceptors (Lipinski definition) is 7. The number of benzene rings is 3. The van der Waals surface area contributed by atoms with Gasteiger partial charge in [0.2, 0.25) is 0 Å². The van der Waals surface area contributed by atoms with Gasteiger partial charge in [-0.1, -0.05) is 23.7 Å². The summed E-state index contributed by atoms with van der Waals surface area (Å²) in [5.74, 6) is 6.46. The molecule has 40 heavy (non-hydrogen) atoms. The molecule has 0 spiro atoms. The third-order valence-corrected chi connectivity index (χ3v) is 7.43. The summed E-state index contributed by atoms with van der Waals surface area (Å²) in [7, 11) is -2.02. The molecule has 3 aromatic carbocycles. The molecule has 1 unspecified atom stereocenters. The Kier molecular flexibility index (Phi) is 8.35. The fourth-order valence-corrected chi connectivity index (χ4v) is 4.87. The van der Waals surface area contributed by atoms with E-state index in [2.05, 4.69) is 26.5 Å². The van der Waals surface area contributed by atoms with E-state index in [1.165, 1.54) is 18.5 Å². The number of rotatable bonds is 11. The summed E-state index contributed by atoms with van der Waals surface area (Å²) in [6.45, 7) is 1.33. The molecule has 7 nitrogen and oxygen atoms in total. The molecule has 206 valence electrons. The lowest BCUT2D eigenvalue weighted by Gasteiger charge is -2.12. The van der Waals surface area contributed by atoms with Crippen LogP contribution in [0.1, 0.15) is 11.3 Å². The highest BCUT2D eigenvalue weighted by atomic mass is 35.5. The zero-order chi connectivity index (χ0) is 28.1. The summed E-state index contributed by atoms with van der Waals surface area (Å²) in [4.78, 5) is 8.84. The van der Waals surface area contributed by atoms with Crippen molar-refractivity contribution in [3.63, 3.8) is 0 Å². The van der Waals surface area contributed by atoms with Crippen LogP contribution in [0.25, 0.3) is 22.2 Å². The van der Waals surface area contributed by atoms with Gasteiger partial charge in [0.25, 0.3) is 0 Å². The van der Waals surface area contributed by atoms with E-state index >= 15 is 0 Å². The molecule has 0 bridgehead atoms. The van der Waals surface area contributed by atoms with Gasteiger partial charge in [-0.2, -0.15) is 0 Å². The van der Waals surface area contributed by atoms with Crippen molar-refractivity contribution in [2.75, 3.05) is 23.9 Å². The number of nitrogens with zero attached hydrogens (tertiary/aromatic N) is 2. The largest absolute Gasteiger partial charge is 0.487 e. The summed E-state index contributed by atoms with van der Waals surface area (Å²) < 4.78 is 37.0. The molecule has 0 aliphatic rings. The van der Waals surface area contributed by atoms with Crippen molar-refractivity contribution in [2.45, 2.75) is 13.2 Å². The van der Waals surface area contributed by atoms with E-state index in [1.807, 2.05) is 36.4 Å². The van der Waals surface area contributed by atoms with Gasteiger partial charge in [-0.25, -0.2) is 14.4 Å². The second kappa shape index (κ2) is 12.1. The number of aromatic nitrogens is 2. The first-order valence-corrected chi connectivity index (χ1v) is 15.2. The molecular weight excluding hydrogens is 551 g/mol. The summed E-state index contributed by atoms with van der Waals surface area (Å²) >= 11 is 6.48. The van der Waals surface area contributed by atoms with E-state index < -0.39 is 9.52 Å². The van der Waals surface area contributed by atoms with Gasteiger partial charge in [-0.05, 0) is 81.6 Å². The molecule has 2 heterocycles. The Bertz CT molecular complexity index is 1760. The molecule has 5 aromatic rings. The zero-order valence-electron chi connectivity index (χ0n) is 21.8. The van der Waals surface area contributed by atoms with Gasteiger partial charge in [-0.3, -0.25) is 4.21 Å². The third kappa shape index (κ3) is 7.18. The second-order valence-electron chi connectivity index (χ2n) is 9.47. The van der Waals surface area contributed by atoms with Crippen molar-refractivity contribution < 1.29 is 17.8 Å². The van der Waals surface area contributed by atoms with Crippen molar-refractivity contribution in [3.8, 4) is 17.1 Å². The first-order chi connectivity index (χ1) is 19.2. The minimum Gasteiger partial charge on any atom is -0.487 e. The van der Waals surface area contributed by atoms with E-state index in [0.29, 0.717) is 46.8 Å². The van der Waals surface area contributed by atoms with E-state index in [1.54, 1.807) is 30.5 Å². The third-order valence-electron chi connectivity index (χ3n) is 6.07. The topological polar surface area (TPSA) is 89.3 Å². The van der Waals surface area contributed by atoms with Gasteiger partial charge in [0.1, 0.15) is 41.8 Å². The molecule has 2 aromatic heterocycles. The average molecular weight is 579 g/mol. The molecule has 0 radical (unpaired) electrons. The van der Waals surface area contributed by atoms with Crippen LogP contribution in [0.15, 0.2) is 83.5 Å².